The number of nitrogens with zero attached hydrogens (tertiary/aromatic N) is 4. The Bertz CT molecular complexity index is 529. The highest BCUT2D eigenvalue weighted by Gasteiger charge is 2.11. The van der Waals surface area contributed by atoms with Gasteiger partial charge < -0.3 is 5.73 Å². The van der Waals surface area contributed by atoms with Gasteiger partial charge in [0, 0.05) is 18.8 Å². The van der Waals surface area contributed by atoms with E-state index in [0.29, 0.717) is 11.7 Å². The highest BCUT2D eigenvalue weighted by molar-refractivity contribution is 7.15. The van der Waals surface area contributed by atoms with Crippen LogP contribution in [0.2, 0.25) is 0 Å². The summed E-state index contributed by atoms with van der Waals surface area (Å²) in [5.74, 6) is -0.335. The van der Waals surface area contributed by atoms with Crippen LogP contribution in [-0.2, 0) is 6.42 Å². The van der Waals surface area contributed by atoms with Crippen LogP contribution in [0.5, 0.6) is 0 Å². The highest BCUT2D eigenvalue weighted by Crippen LogP contribution is 2.17. The average Bonchev–Trinajstić information content (AvgIpc) is 2.88. The number of carbonyl (C=O) groups excluding carboxylic acids is 1. The van der Waals surface area contributed by atoms with Gasteiger partial charge in [-0.3, -0.25) is 15.1 Å². The molecule has 19 heavy (non-hydrogen) atoms. The predicted molar refractivity (Wildman–Crippen MR) is 71.9 cm³/mol. The molecule has 8 heteroatoms. The third kappa shape index (κ3) is 4.04. The Hall–Kier alpha value is -1.93. The van der Waals surface area contributed by atoms with E-state index in [1.807, 2.05) is 0 Å². The lowest BCUT2D eigenvalue weighted by Crippen LogP contribution is -2.13. The summed E-state index contributed by atoms with van der Waals surface area (Å²) in [5.41, 5.74) is 5.68. The summed E-state index contributed by atoms with van der Waals surface area (Å²) in [5, 5.41) is 11.9. The molecule has 0 bridgehead atoms. The minimum Gasteiger partial charge on any atom is -0.330 e. The summed E-state index contributed by atoms with van der Waals surface area (Å²) in [6.07, 6.45) is 7.14. The highest BCUT2D eigenvalue weighted by atomic mass is 32.1. The summed E-state index contributed by atoms with van der Waals surface area (Å²) in [4.78, 5) is 19.5. The molecule has 100 valence electrons. The molecule has 2 aromatic heterocycles. The number of amides is 1. The van der Waals surface area contributed by atoms with E-state index in [0.717, 1.165) is 24.3 Å². The van der Waals surface area contributed by atoms with Crippen molar-refractivity contribution < 1.29 is 4.79 Å². The van der Waals surface area contributed by atoms with Gasteiger partial charge in [0.25, 0.3) is 5.91 Å². The van der Waals surface area contributed by atoms with Gasteiger partial charge in [0.15, 0.2) is 0 Å². The molecular formula is C11H14N6OS. The van der Waals surface area contributed by atoms with E-state index in [1.165, 1.54) is 29.9 Å². The molecule has 0 saturated carbocycles. The fourth-order valence-electron chi connectivity index (χ4n) is 1.40. The van der Waals surface area contributed by atoms with Gasteiger partial charge in [0.1, 0.15) is 10.7 Å². The summed E-state index contributed by atoms with van der Waals surface area (Å²) >= 11 is 1.36. The normalized spacial score (nSPS) is 10.4. The topological polar surface area (TPSA) is 107 Å². The quantitative estimate of drug-likeness (QED) is 0.759. The third-order valence-electron chi connectivity index (χ3n) is 2.33. The van der Waals surface area contributed by atoms with E-state index >= 15 is 0 Å². The Morgan fingerprint density at radius 3 is 2.95 bits per heavy atom. The van der Waals surface area contributed by atoms with Crippen molar-refractivity contribution >= 4 is 22.4 Å². The SMILES string of the molecule is NCCCCc1nnc(NC(=O)c2cnccn2)s1. The number of aryl methyl sites for hydroxylation is 1. The minimum atomic E-state index is -0.335. The number of carbonyl (C=O) groups is 1. The van der Waals surface area contributed by atoms with Crippen molar-refractivity contribution in [1.82, 2.24) is 20.2 Å². The van der Waals surface area contributed by atoms with Gasteiger partial charge in [-0.05, 0) is 19.4 Å². The van der Waals surface area contributed by atoms with Crippen molar-refractivity contribution in [2.75, 3.05) is 11.9 Å². The zero-order valence-corrected chi connectivity index (χ0v) is 11.1. The van der Waals surface area contributed by atoms with Crippen molar-refractivity contribution in [2.45, 2.75) is 19.3 Å². The lowest BCUT2D eigenvalue weighted by Gasteiger charge is -1.98. The van der Waals surface area contributed by atoms with Gasteiger partial charge in [-0.15, -0.1) is 10.2 Å². The largest absolute Gasteiger partial charge is 0.330 e. The molecule has 0 fully saturated rings. The van der Waals surface area contributed by atoms with Crippen molar-refractivity contribution in [2.24, 2.45) is 5.73 Å². The third-order valence-corrected chi connectivity index (χ3v) is 3.23. The van der Waals surface area contributed by atoms with Crippen LogP contribution in [0.3, 0.4) is 0 Å². The van der Waals surface area contributed by atoms with Crippen LogP contribution < -0.4 is 11.1 Å². The monoisotopic (exact) mass is 278 g/mol. The molecule has 2 aromatic rings. The van der Waals surface area contributed by atoms with Gasteiger partial charge in [-0.2, -0.15) is 0 Å². The lowest BCUT2D eigenvalue weighted by molar-refractivity contribution is 0.102. The van der Waals surface area contributed by atoms with E-state index in [1.54, 1.807) is 0 Å². The molecule has 7 nitrogen and oxygen atoms in total. The molecule has 2 rings (SSSR count). The van der Waals surface area contributed by atoms with Gasteiger partial charge in [0.2, 0.25) is 5.13 Å². The molecule has 0 aromatic carbocycles. The number of anilines is 1. The molecule has 2 heterocycles. The summed E-state index contributed by atoms with van der Waals surface area (Å²) in [6.45, 7) is 0.676. The van der Waals surface area contributed by atoms with Crippen LogP contribution >= 0.6 is 11.3 Å². The van der Waals surface area contributed by atoms with Crippen LogP contribution in [0.25, 0.3) is 0 Å². The molecule has 0 aliphatic rings. The van der Waals surface area contributed by atoms with Crippen LogP contribution in [0.4, 0.5) is 5.13 Å². The number of unbranched alkanes of at least 4 members (excludes halogenated alkanes) is 1. The van der Waals surface area contributed by atoms with E-state index in [9.17, 15) is 4.79 Å². The number of hydrogen-bond donors (Lipinski definition) is 2. The molecular weight excluding hydrogens is 264 g/mol. The molecule has 0 aliphatic heterocycles. The number of nitrogens with two attached hydrogens (primary N) is 1. The van der Waals surface area contributed by atoms with E-state index in [4.69, 9.17) is 5.73 Å². The zero-order chi connectivity index (χ0) is 13.5. The van der Waals surface area contributed by atoms with Crippen LogP contribution in [0.1, 0.15) is 28.3 Å². The van der Waals surface area contributed by atoms with Gasteiger partial charge in [0.05, 0.1) is 6.20 Å². The van der Waals surface area contributed by atoms with Crippen LogP contribution in [0, 0.1) is 0 Å². The number of nitrogens with one attached hydrogen (secondary N) is 1. The van der Waals surface area contributed by atoms with Gasteiger partial charge >= 0.3 is 0 Å². The second kappa shape index (κ2) is 6.86. The van der Waals surface area contributed by atoms with Crippen molar-refractivity contribution in [1.29, 1.82) is 0 Å². The Kier molecular flexibility index (Phi) is 4.87. The second-order valence-corrected chi connectivity index (χ2v) is 4.85. The molecule has 0 radical (unpaired) electrons. The Morgan fingerprint density at radius 1 is 1.32 bits per heavy atom. The molecule has 3 N–H and O–H groups in total. The molecule has 0 atom stereocenters. The van der Waals surface area contributed by atoms with Crippen LogP contribution in [-0.4, -0.2) is 32.6 Å². The summed E-state index contributed by atoms with van der Waals surface area (Å²) in [7, 11) is 0. The smallest absolute Gasteiger partial charge is 0.277 e. The standard InChI is InChI=1S/C11H14N6OS/c12-4-2-1-3-9-16-17-11(19-9)15-10(18)8-7-13-5-6-14-8/h5-7H,1-4,12H2,(H,15,17,18). The van der Waals surface area contributed by atoms with Crippen molar-refractivity contribution in [3.63, 3.8) is 0 Å². The van der Waals surface area contributed by atoms with Crippen LogP contribution in [0.15, 0.2) is 18.6 Å². The van der Waals surface area contributed by atoms with E-state index < -0.39 is 0 Å². The average molecular weight is 278 g/mol. The molecule has 0 aliphatic carbocycles. The molecule has 0 saturated heterocycles. The summed E-state index contributed by atoms with van der Waals surface area (Å²) < 4.78 is 0. The second-order valence-electron chi connectivity index (χ2n) is 3.79. The maximum absolute atomic E-state index is 11.8. The first-order valence-electron chi connectivity index (χ1n) is 5.89. The first kappa shape index (κ1) is 13.5. The number of hydrogen-bond acceptors (Lipinski definition) is 7. The molecule has 1 amide bonds. The Morgan fingerprint density at radius 2 is 2.21 bits per heavy atom. The maximum atomic E-state index is 11.8. The lowest BCUT2D eigenvalue weighted by atomic mass is 10.2. The molecule has 0 unspecified atom stereocenters. The van der Waals surface area contributed by atoms with Gasteiger partial charge in [-0.1, -0.05) is 11.3 Å². The first-order valence-corrected chi connectivity index (χ1v) is 6.71. The first-order chi connectivity index (χ1) is 9.29. The van der Waals surface area contributed by atoms with Crippen molar-refractivity contribution in [3.05, 3.63) is 29.3 Å². The van der Waals surface area contributed by atoms with Gasteiger partial charge in [-0.25, -0.2) is 4.98 Å². The fourth-order valence-corrected chi connectivity index (χ4v) is 2.18. The minimum absolute atomic E-state index is 0.252. The number of aromatic nitrogens is 4. The maximum Gasteiger partial charge on any atom is 0.277 e. The Labute approximate surface area is 114 Å². The Balaban J connectivity index is 1.91. The summed E-state index contributed by atoms with van der Waals surface area (Å²) in [6, 6.07) is 0. The van der Waals surface area contributed by atoms with E-state index in [-0.39, 0.29) is 11.6 Å². The number of rotatable bonds is 6. The molecule has 0 spiro atoms. The predicted octanol–water partition coefficient (Wildman–Crippen LogP) is 0.862. The van der Waals surface area contributed by atoms with Crippen molar-refractivity contribution in [3.8, 4) is 0 Å². The fraction of sp³-hybridized carbons (Fsp3) is 0.364. The van der Waals surface area contributed by atoms with E-state index in [2.05, 4.69) is 25.5 Å². The zero-order valence-electron chi connectivity index (χ0n) is 10.2.